The highest BCUT2D eigenvalue weighted by molar-refractivity contribution is 7.09. The average molecular weight is 239 g/mol. The van der Waals surface area contributed by atoms with Crippen LogP contribution < -0.4 is 5.32 Å². The number of hydrogen-bond acceptors (Lipinski definition) is 4. The summed E-state index contributed by atoms with van der Waals surface area (Å²) >= 11 is 1.50. The monoisotopic (exact) mass is 239 g/mol. The third-order valence-electron chi connectivity index (χ3n) is 3.45. The van der Waals surface area contributed by atoms with Crippen LogP contribution in [0.1, 0.15) is 51.8 Å². The zero-order valence-corrected chi connectivity index (χ0v) is 11.0. The predicted molar refractivity (Wildman–Crippen MR) is 68.9 cm³/mol. The van der Waals surface area contributed by atoms with Crippen LogP contribution in [0.2, 0.25) is 0 Å². The molecule has 16 heavy (non-hydrogen) atoms. The third-order valence-corrected chi connectivity index (χ3v) is 4.14. The fourth-order valence-corrected chi connectivity index (χ4v) is 3.03. The van der Waals surface area contributed by atoms with Crippen molar-refractivity contribution in [3.8, 4) is 0 Å². The SMILES string of the molecule is CCc1nsc(NC2CCCCCC2C)n1. The average Bonchev–Trinajstić information content (AvgIpc) is 2.65. The second-order valence-electron chi connectivity index (χ2n) is 4.74. The van der Waals surface area contributed by atoms with E-state index >= 15 is 0 Å². The Morgan fingerprint density at radius 2 is 2.12 bits per heavy atom. The number of nitrogens with one attached hydrogen (secondary N) is 1. The van der Waals surface area contributed by atoms with E-state index in [0.29, 0.717) is 6.04 Å². The molecule has 0 saturated heterocycles. The van der Waals surface area contributed by atoms with Crippen LogP contribution in [0.5, 0.6) is 0 Å². The van der Waals surface area contributed by atoms with Crippen molar-refractivity contribution in [3.63, 3.8) is 0 Å². The van der Waals surface area contributed by atoms with Crippen LogP contribution >= 0.6 is 11.5 Å². The number of hydrogen-bond donors (Lipinski definition) is 1. The van der Waals surface area contributed by atoms with Crippen LogP contribution in [-0.2, 0) is 6.42 Å². The van der Waals surface area contributed by atoms with Gasteiger partial charge in [0.05, 0.1) is 0 Å². The van der Waals surface area contributed by atoms with Gasteiger partial charge in [0.15, 0.2) is 0 Å². The topological polar surface area (TPSA) is 37.8 Å². The molecule has 2 rings (SSSR count). The molecule has 0 spiro atoms. The van der Waals surface area contributed by atoms with Gasteiger partial charge in [-0.1, -0.05) is 33.1 Å². The van der Waals surface area contributed by atoms with Crippen LogP contribution in [0.3, 0.4) is 0 Å². The van der Waals surface area contributed by atoms with Crippen molar-refractivity contribution in [2.24, 2.45) is 5.92 Å². The summed E-state index contributed by atoms with van der Waals surface area (Å²) < 4.78 is 4.32. The maximum absolute atomic E-state index is 4.48. The summed E-state index contributed by atoms with van der Waals surface area (Å²) in [6.45, 7) is 4.45. The van der Waals surface area contributed by atoms with Gasteiger partial charge >= 0.3 is 0 Å². The highest BCUT2D eigenvalue weighted by Gasteiger charge is 2.20. The molecule has 90 valence electrons. The van der Waals surface area contributed by atoms with E-state index in [2.05, 4.69) is 28.5 Å². The zero-order valence-electron chi connectivity index (χ0n) is 10.2. The Balaban J connectivity index is 1.96. The lowest BCUT2D eigenvalue weighted by atomic mass is 9.97. The summed E-state index contributed by atoms with van der Waals surface area (Å²) in [6, 6.07) is 0.597. The van der Waals surface area contributed by atoms with Crippen molar-refractivity contribution >= 4 is 16.7 Å². The lowest BCUT2D eigenvalue weighted by Gasteiger charge is -2.21. The first-order chi connectivity index (χ1) is 7.79. The molecule has 1 fully saturated rings. The van der Waals surface area contributed by atoms with E-state index in [1.165, 1.54) is 43.6 Å². The molecule has 1 saturated carbocycles. The van der Waals surface area contributed by atoms with Gasteiger partial charge in [-0.25, -0.2) is 4.98 Å². The van der Waals surface area contributed by atoms with Crippen LogP contribution in [0.15, 0.2) is 0 Å². The van der Waals surface area contributed by atoms with Crippen molar-refractivity contribution in [1.29, 1.82) is 0 Å². The molecule has 1 aliphatic rings. The molecule has 1 N–H and O–H groups in total. The number of aryl methyl sites for hydroxylation is 1. The minimum absolute atomic E-state index is 0.597. The summed E-state index contributed by atoms with van der Waals surface area (Å²) in [7, 11) is 0. The van der Waals surface area contributed by atoms with Gasteiger partial charge < -0.3 is 5.32 Å². The predicted octanol–water partition coefficient (Wildman–Crippen LogP) is 3.48. The second kappa shape index (κ2) is 5.62. The molecule has 2 atom stereocenters. The molecule has 0 amide bonds. The molecule has 1 aliphatic carbocycles. The van der Waals surface area contributed by atoms with E-state index < -0.39 is 0 Å². The summed E-state index contributed by atoms with van der Waals surface area (Å²) in [5, 5.41) is 4.58. The Labute approximate surface area is 102 Å². The van der Waals surface area contributed by atoms with Crippen LogP contribution in [0.4, 0.5) is 5.13 Å². The van der Waals surface area contributed by atoms with E-state index in [4.69, 9.17) is 0 Å². The van der Waals surface area contributed by atoms with Gasteiger partial charge in [0.2, 0.25) is 5.13 Å². The number of nitrogens with zero attached hydrogens (tertiary/aromatic N) is 2. The Kier molecular flexibility index (Phi) is 4.16. The van der Waals surface area contributed by atoms with Crippen molar-refractivity contribution < 1.29 is 0 Å². The minimum atomic E-state index is 0.597. The van der Waals surface area contributed by atoms with Crippen molar-refractivity contribution in [1.82, 2.24) is 9.36 Å². The molecular weight excluding hydrogens is 218 g/mol. The summed E-state index contributed by atoms with van der Waals surface area (Å²) in [5.74, 6) is 1.73. The Bertz CT molecular complexity index is 324. The maximum Gasteiger partial charge on any atom is 0.202 e. The van der Waals surface area contributed by atoms with Gasteiger partial charge in [0.25, 0.3) is 0 Å². The highest BCUT2D eigenvalue weighted by Crippen LogP contribution is 2.26. The maximum atomic E-state index is 4.48. The van der Waals surface area contributed by atoms with Crippen molar-refractivity contribution in [3.05, 3.63) is 5.82 Å². The molecule has 0 bridgehead atoms. The van der Waals surface area contributed by atoms with E-state index in [1.54, 1.807) is 0 Å². The van der Waals surface area contributed by atoms with E-state index in [-0.39, 0.29) is 0 Å². The third kappa shape index (κ3) is 2.94. The standard InChI is InChI=1S/C12H21N3S/c1-3-11-14-12(16-15-11)13-10-8-6-4-5-7-9(10)2/h9-10H,3-8H2,1-2H3,(H,13,14,15). The molecule has 4 heteroatoms. The smallest absolute Gasteiger partial charge is 0.202 e. The lowest BCUT2D eigenvalue weighted by molar-refractivity contribution is 0.456. The molecule has 1 aromatic heterocycles. The van der Waals surface area contributed by atoms with Gasteiger partial charge in [-0.05, 0) is 18.8 Å². The lowest BCUT2D eigenvalue weighted by Crippen LogP contribution is -2.26. The number of anilines is 1. The van der Waals surface area contributed by atoms with Crippen LogP contribution in [0, 0.1) is 5.92 Å². The molecule has 0 aromatic carbocycles. The highest BCUT2D eigenvalue weighted by atomic mass is 32.1. The largest absolute Gasteiger partial charge is 0.357 e. The molecular formula is C12H21N3S. The summed E-state index contributed by atoms with van der Waals surface area (Å²) in [4.78, 5) is 4.48. The van der Waals surface area contributed by atoms with Crippen molar-refractivity contribution in [2.75, 3.05) is 5.32 Å². The van der Waals surface area contributed by atoms with Gasteiger partial charge in [-0.3, -0.25) is 0 Å². The van der Waals surface area contributed by atoms with Gasteiger partial charge in [0.1, 0.15) is 5.82 Å². The fraction of sp³-hybridized carbons (Fsp3) is 0.833. The molecule has 1 heterocycles. The second-order valence-corrected chi connectivity index (χ2v) is 5.49. The molecule has 0 radical (unpaired) electrons. The van der Waals surface area contributed by atoms with Crippen LogP contribution in [-0.4, -0.2) is 15.4 Å². The zero-order chi connectivity index (χ0) is 11.4. The quantitative estimate of drug-likeness (QED) is 0.821. The Morgan fingerprint density at radius 3 is 2.88 bits per heavy atom. The van der Waals surface area contributed by atoms with E-state index in [0.717, 1.165) is 23.3 Å². The molecule has 2 unspecified atom stereocenters. The molecule has 1 aromatic rings. The van der Waals surface area contributed by atoms with E-state index in [1.807, 2.05) is 0 Å². The number of rotatable bonds is 3. The van der Waals surface area contributed by atoms with Gasteiger partial charge in [-0.2, -0.15) is 4.37 Å². The first kappa shape index (κ1) is 11.8. The normalized spacial score (nSPS) is 26.4. The fourth-order valence-electron chi connectivity index (χ4n) is 2.32. The Hall–Kier alpha value is -0.640. The van der Waals surface area contributed by atoms with Gasteiger partial charge in [0, 0.05) is 24.0 Å². The Morgan fingerprint density at radius 1 is 1.31 bits per heavy atom. The first-order valence-electron chi connectivity index (χ1n) is 6.38. The van der Waals surface area contributed by atoms with Crippen LogP contribution in [0.25, 0.3) is 0 Å². The molecule has 3 nitrogen and oxygen atoms in total. The summed E-state index contributed by atoms with van der Waals surface area (Å²) in [5.41, 5.74) is 0. The van der Waals surface area contributed by atoms with E-state index in [9.17, 15) is 0 Å². The van der Waals surface area contributed by atoms with Crippen molar-refractivity contribution in [2.45, 2.75) is 58.4 Å². The summed E-state index contributed by atoms with van der Waals surface area (Å²) in [6.07, 6.45) is 7.67. The number of aromatic nitrogens is 2. The minimum Gasteiger partial charge on any atom is -0.357 e. The first-order valence-corrected chi connectivity index (χ1v) is 7.16. The van der Waals surface area contributed by atoms with Gasteiger partial charge in [-0.15, -0.1) is 0 Å². The molecule has 0 aliphatic heterocycles.